The minimum absolute atomic E-state index is 0.0332. The van der Waals surface area contributed by atoms with Crippen molar-refractivity contribution in [3.05, 3.63) is 0 Å². The lowest BCUT2D eigenvalue weighted by molar-refractivity contribution is -0.128. The predicted molar refractivity (Wildman–Crippen MR) is 101 cm³/mol. The molecule has 0 aromatic carbocycles. The second-order valence-electron chi connectivity index (χ2n) is 6.51. The molecule has 0 rings (SSSR count). The summed E-state index contributed by atoms with van der Waals surface area (Å²) in [4.78, 5) is 34.2. The molecule has 0 aliphatic heterocycles. The minimum atomic E-state index is -0.452. The number of primary amides is 1. The highest BCUT2D eigenvalue weighted by molar-refractivity contribution is 5.77. The first-order valence-electron chi connectivity index (χ1n) is 9.45. The molecule has 1 atom stereocenters. The summed E-state index contributed by atoms with van der Waals surface area (Å²) in [5.74, 6) is -0.810. The number of hydrogen-bond acceptors (Lipinski definition) is 6. The van der Waals surface area contributed by atoms with Crippen LogP contribution in [0.5, 0.6) is 0 Å². The van der Waals surface area contributed by atoms with E-state index in [-0.39, 0.29) is 63.7 Å². The summed E-state index contributed by atoms with van der Waals surface area (Å²) in [6.45, 7) is 7.08. The fourth-order valence-corrected chi connectivity index (χ4v) is 2.00. The van der Waals surface area contributed by atoms with Gasteiger partial charge in [0.25, 0.3) is 0 Å². The first kappa shape index (κ1) is 25.3. The molecule has 0 aliphatic rings. The quantitative estimate of drug-likeness (QED) is 0.303. The van der Waals surface area contributed by atoms with Crippen LogP contribution in [0.1, 0.15) is 46.5 Å². The van der Waals surface area contributed by atoms with Crippen molar-refractivity contribution in [1.29, 1.82) is 0 Å². The number of carbonyl (C=O) groups is 3. The summed E-state index contributed by atoms with van der Waals surface area (Å²) in [5.41, 5.74) is 5.06. The molecule has 0 aromatic heterocycles. The van der Waals surface area contributed by atoms with Gasteiger partial charge in [-0.15, -0.1) is 0 Å². The van der Waals surface area contributed by atoms with Gasteiger partial charge in [-0.1, -0.05) is 13.3 Å². The van der Waals surface area contributed by atoms with E-state index >= 15 is 0 Å². The lowest BCUT2D eigenvalue weighted by atomic mass is 10.3. The van der Waals surface area contributed by atoms with Gasteiger partial charge < -0.3 is 30.6 Å². The van der Waals surface area contributed by atoms with Crippen LogP contribution in [0.3, 0.4) is 0 Å². The van der Waals surface area contributed by atoms with Gasteiger partial charge in [0.15, 0.2) is 0 Å². The number of hydrogen-bond donors (Lipinski definition) is 3. The molecule has 0 radical (unpaired) electrons. The molecular weight excluding hydrogens is 354 g/mol. The molecule has 0 fully saturated rings. The van der Waals surface area contributed by atoms with Gasteiger partial charge in [0.2, 0.25) is 17.7 Å². The summed E-state index contributed by atoms with van der Waals surface area (Å²) in [7, 11) is 0. The Morgan fingerprint density at radius 2 is 1.52 bits per heavy atom. The molecule has 0 heterocycles. The van der Waals surface area contributed by atoms with Gasteiger partial charge in [-0.05, 0) is 20.3 Å². The molecule has 9 nitrogen and oxygen atoms in total. The van der Waals surface area contributed by atoms with E-state index in [4.69, 9.17) is 19.9 Å². The van der Waals surface area contributed by atoms with Gasteiger partial charge in [-0.3, -0.25) is 14.4 Å². The van der Waals surface area contributed by atoms with Crippen molar-refractivity contribution < 1.29 is 28.6 Å². The van der Waals surface area contributed by atoms with Crippen LogP contribution in [-0.2, 0) is 28.6 Å². The van der Waals surface area contributed by atoms with Crippen molar-refractivity contribution in [2.45, 2.75) is 58.5 Å². The summed E-state index contributed by atoms with van der Waals surface area (Å²) < 4.78 is 16.1. The van der Waals surface area contributed by atoms with E-state index in [1.807, 2.05) is 20.8 Å². The van der Waals surface area contributed by atoms with Crippen LogP contribution >= 0.6 is 0 Å². The van der Waals surface area contributed by atoms with Crippen LogP contribution in [0, 0.1) is 0 Å². The molecular formula is C18H35N3O6. The Labute approximate surface area is 161 Å². The van der Waals surface area contributed by atoms with Crippen molar-refractivity contribution in [3.8, 4) is 0 Å². The van der Waals surface area contributed by atoms with Crippen LogP contribution in [0.25, 0.3) is 0 Å². The lowest BCUT2D eigenvalue weighted by Gasteiger charge is -2.19. The number of unbranched alkanes of at least 4 members (excludes halogenated alkanes) is 1. The van der Waals surface area contributed by atoms with Crippen LogP contribution in [0.2, 0.25) is 0 Å². The molecule has 0 aromatic rings. The molecule has 0 saturated carbocycles. The minimum Gasteiger partial charge on any atom is -0.379 e. The van der Waals surface area contributed by atoms with Gasteiger partial charge in [-0.25, -0.2) is 0 Å². The second kappa shape index (κ2) is 16.5. The normalized spacial score (nSPS) is 12.0. The predicted octanol–water partition coefficient (Wildman–Crippen LogP) is 0.111. The molecule has 0 saturated heterocycles. The highest BCUT2D eigenvalue weighted by Gasteiger charge is 2.14. The summed E-state index contributed by atoms with van der Waals surface area (Å²) in [5, 5.41) is 5.55. The zero-order valence-electron chi connectivity index (χ0n) is 16.8. The van der Waals surface area contributed by atoms with Crippen molar-refractivity contribution in [3.63, 3.8) is 0 Å². The fraction of sp³-hybridized carbons (Fsp3) is 0.833. The third-order valence-electron chi connectivity index (χ3n) is 3.29. The number of nitrogens with two attached hydrogens (primary N) is 1. The second-order valence-corrected chi connectivity index (χ2v) is 6.51. The van der Waals surface area contributed by atoms with Crippen LogP contribution in [-0.4, -0.2) is 69.4 Å². The number of ether oxygens (including phenoxy) is 3. The molecule has 27 heavy (non-hydrogen) atoms. The van der Waals surface area contributed by atoms with Gasteiger partial charge >= 0.3 is 0 Å². The Balaban J connectivity index is 4.20. The lowest BCUT2D eigenvalue weighted by Crippen LogP contribution is -2.43. The SMILES string of the molecule is CCCCOCC(=O)NC(COCCC(N)=O)COCCC(=O)NC(C)C. The molecule has 3 amide bonds. The maximum Gasteiger partial charge on any atom is 0.246 e. The van der Waals surface area contributed by atoms with Crippen LogP contribution < -0.4 is 16.4 Å². The van der Waals surface area contributed by atoms with E-state index in [2.05, 4.69) is 10.6 Å². The van der Waals surface area contributed by atoms with Gasteiger partial charge in [0.1, 0.15) is 6.61 Å². The van der Waals surface area contributed by atoms with Crippen LogP contribution in [0.4, 0.5) is 0 Å². The Bertz CT molecular complexity index is 431. The van der Waals surface area contributed by atoms with Crippen molar-refractivity contribution >= 4 is 17.7 Å². The zero-order chi connectivity index (χ0) is 20.5. The van der Waals surface area contributed by atoms with Gasteiger partial charge in [0.05, 0.1) is 32.5 Å². The highest BCUT2D eigenvalue weighted by atomic mass is 16.5. The van der Waals surface area contributed by atoms with Crippen molar-refractivity contribution in [2.75, 3.05) is 39.6 Å². The monoisotopic (exact) mass is 389 g/mol. The number of nitrogens with one attached hydrogen (secondary N) is 2. The molecule has 9 heteroatoms. The Kier molecular flexibility index (Phi) is 15.4. The summed E-state index contributed by atoms with van der Waals surface area (Å²) >= 11 is 0. The van der Waals surface area contributed by atoms with Crippen LogP contribution in [0.15, 0.2) is 0 Å². The van der Waals surface area contributed by atoms with E-state index < -0.39 is 11.9 Å². The van der Waals surface area contributed by atoms with E-state index in [0.717, 1.165) is 12.8 Å². The summed E-state index contributed by atoms with van der Waals surface area (Å²) in [6.07, 6.45) is 2.24. The number of rotatable bonds is 17. The largest absolute Gasteiger partial charge is 0.379 e. The smallest absolute Gasteiger partial charge is 0.246 e. The van der Waals surface area contributed by atoms with Crippen molar-refractivity contribution in [2.24, 2.45) is 5.73 Å². The fourth-order valence-electron chi connectivity index (χ4n) is 2.00. The first-order valence-corrected chi connectivity index (χ1v) is 9.45. The molecule has 0 spiro atoms. The number of amides is 3. The van der Waals surface area contributed by atoms with Gasteiger partial charge in [-0.2, -0.15) is 0 Å². The maximum atomic E-state index is 11.9. The Morgan fingerprint density at radius 3 is 2.07 bits per heavy atom. The van der Waals surface area contributed by atoms with E-state index in [0.29, 0.717) is 6.61 Å². The first-order chi connectivity index (χ1) is 12.8. The zero-order valence-corrected chi connectivity index (χ0v) is 16.8. The Hall–Kier alpha value is -1.71. The molecule has 0 bridgehead atoms. The van der Waals surface area contributed by atoms with E-state index in [1.54, 1.807) is 0 Å². The highest BCUT2D eigenvalue weighted by Crippen LogP contribution is 1.94. The maximum absolute atomic E-state index is 11.9. The third-order valence-corrected chi connectivity index (χ3v) is 3.29. The van der Waals surface area contributed by atoms with Crippen molar-refractivity contribution in [1.82, 2.24) is 10.6 Å². The Morgan fingerprint density at radius 1 is 0.889 bits per heavy atom. The average Bonchev–Trinajstić information content (AvgIpc) is 2.58. The topological polar surface area (TPSA) is 129 Å². The third kappa shape index (κ3) is 17.5. The summed E-state index contributed by atoms with van der Waals surface area (Å²) in [6, 6.07) is -0.329. The van der Waals surface area contributed by atoms with Gasteiger partial charge in [0, 0.05) is 25.5 Å². The standard InChI is InChI=1S/C18H35N3O6/c1-4-5-8-25-13-18(24)21-15(11-26-9-6-16(19)22)12-27-10-7-17(23)20-14(2)3/h14-15H,4-13H2,1-3H3,(H2,19,22)(H,20,23)(H,21,24). The average molecular weight is 389 g/mol. The molecule has 0 aliphatic carbocycles. The molecule has 1 unspecified atom stereocenters. The molecule has 158 valence electrons. The van der Waals surface area contributed by atoms with E-state index in [1.165, 1.54) is 0 Å². The van der Waals surface area contributed by atoms with E-state index in [9.17, 15) is 14.4 Å². The molecule has 4 N–H and O–H groups in total. The number of carbonyl (C=O) groups excluding carboxylic acids is 3.